The number of benzene rings is 1. The molecule has 2 rings (SSSR count). The molecule has 1 atom stereocenters. The van der Waals surface area contributed by atoms with Crippen molar-refractivity contribution < 1.29 is 13.2 Å². The maximum Gasteiger partial charge on any atom is 0.225 e. The molecule has 1 aliphatic heterocycles. The molecule has 20 heavy (non-hydrogen) atoms. The van der Waals surface area contributed by atoms with Crippen LogP contribution in [0.2, 0.25) is 0 Å². The van der Waals surface area contributed by atoms with Gasteiger partial charge in [0.15, 0.2) is 9.84 Å². The summed E-state index contributed by atoms with van der Waals surface area (Å²) in [6.07, 6.45) is 3.68. The van der Waals surface area contributed by atoms with E-state index in [1.165, 1.54) is 12.1 Å². The van der Waals surface area contributed by atoms with E-state index in [1.54, 1.807) is 12.1 Å². The van der Waals surface area contributed by atoms with Crippen LogP contribution >= 0.6 is 12.4 Å². The van der Waals surface area contributed by atoms with Gasteiger partial charge in [0.05, 0.1) is 4.90 Å². The minimum atomic E-state index is -3.25. The molecule has 0 aliphatic carbocycles. The highest BCUT2D eigenvalue weighted by Crippen LogP contribution is 2.16. The van der Waals surface area contributed by atoms with Crippen molar-refractivity contribution in [2.45, 2.75) is 30.2 Å². The molecule has 0 saturated carbocycles. The van der Waals surface area contributed by atoms with Gasteiger partial charge in [-0.1, -0.05) is 6.07 Å². The van der Waals surface area contributed by atoms with Gasteiger partial charge in [0.2, 0.25) is 5.91 Å². The fraction of sp³-hybridized carbons (Fsp3) is 0.462. The lowest BCUT2D eigenvalue weighted by atomic mass is 10.1. The second-order valence-corrected chi connectivity index (χ2v) is 6.86. The Balaban J connectivity index is 0.00000200. The minimum absolute atomic E-state index is 0. The van der Waals surface area contributed by atoms with Crippen molar-refractivity contribution in [1.29, 1.82) is 0 Å². The number of halogens is 1. The van der Waals surface area contributed by atoms with Crippen LogP contribution in [0, 0.1) is 0 Å². The van der Waals surface area contributed by atoms with Crippen LogP contribution in [0.4, 0.5) is 5.69 Å². The van der Waals surface area contributed by atoms with Gasteiger partial charge in [-0.05, 0) is 37.6 Å². The Bertz CT molecular complexity index is 569. The fourth-order valence-corrected chi connectivity index (χ4v) is 2.84. The topological polar surface area (TPSA) is 75.3 Å². The third kappa shape index (κ3) is 4.77. The molecule has 0 aromatic heterocycles. The summed E-state index contributed by atoms with van der Waals surface area (Å²) in [5.74, 6) is -0.0925. The lowest BCUT2D eigenvalue weighted by Gasteiger charge is -2.11. The lowest BCUT2D eigenvalue weighted by molar-refractivity contribution is -0.116. The normalized spacial score (nSPS) is 18.4. The van der Waals surface area contributed by atoms with Crippen LogP contribution in [0.1, 0.15) is 19.3 Å². The zero-order valence-electron chi connectivity index (χ0n) is 11.3. The largest absolute Gasteiger partial charge is 0.326 e. The van der Waals surface area contributed by atoms with Crippen molar-refractivity contribution in [3.63, 3.8) is 0 Å². The first-order chi connectivity index (χ1) is 8.95. The van der Waals surface area contributed by atoms with E-state index < -0.39 is 9.84 Å². The number of amides is 1. The number of hydrogen-bond acceptors (Lipinski definition) is 4. The van der Waals surface area contributed by atoms with E-state index in [0.717, 1.165) is 25.6 Å². The number of sulfone groups is 1. The van der Waals surface area contributed by atoms with Crippen molar-refractivity contribution in [1.82, 2.24) is 5.32 Å². The second kappa shape index (κ2) is 7.06. The first-order valence-corrected chi connectivity index (χ1v) is 8.17. The van der Waals surface area contributed by atoms with E-state index in [2.05, 4.69) is 10.6 Å². The maximum absolute atomic E-state index is 11.8. The third-order valence-corrected chi connectivity index (χ3v) is 4.25. The first-order valence-electron chi connectivity index (χ1n) is 6.28. The summed E-state index contributed by atoms with van der Waals surface area (Å²) in [4.78, 5) is 12.0. The molecule has 112 valence electrons. The van der Waals surface area contributed by atoms with E-state index in [4.69, 9.17) is 0 Å². The van der Waals surface area contributed by atoms with Crippen LogP contribution in [0.5, 0.6) is 0 Å². The summed E-state index contributed by atoms with van der Waals surface area (Å²) < 4.78 is 22.9. The van der Waals surface area contributed by atoms with Crippen molar-refractivity contribution >= 4 is 33.8 Å². The Labute approximate surface area is 125 Å². The number of hydrogen-bond donors (Lipinski definition) is 2. The van der Waals surface area contributed by atoms with Crippen LogP contribution in [-0.2, 0) is 14.6 Å². The van der Waals surface area contributed by atoms with Crippen LogP contribution in [0.25, 0.3) is 0 Å². The second-order valence-electron chi connectivity index (χ2n) is 4.85. The molecule has 1 aromatic rings. The fourth-order valence-electron chi connectivity index (χ4n) is 2.17. The van der Waals surface area contributed by atoms with Gasteiger partial charge in [0, 0.05) is 24.4 Å². The van der Waals surface area contributed by atoms with E-state index in [1.807, 2.05) is 0 Å². The molecule has 0 radical (unpaired) electrons. The predicted molar refractivity (Wildman–Crippen MR) is 81.1 cm³/mol. The average Bonchev–Trinajstić information content (AvgIpc) is 2.80. The van der Waals surface area contributed by atoms with Gasteiger partial charge < -0.3 is 10.6 Å². The van der Waals surface area contributed by atoms with E-state index in [9.17, 15) is 13.2 Å². The SMILES string of the molecule is CS(=O)(=O)c1cccc(NC(=O)CC2CCCN2)c1.Cl. The number of nitrogens with one attached hydrogen (secondary N) is 2. The van der Waals surface area contributed by atoms with Crippen molar-refractivity contribution in [3.05, 3.63) is 24.3 Å². The summed E-state index contributed by atoms with van der Waals surface area (Å²) in [7, 11) is -3.25. The molecule has 1 unspecified atom stereocenters. The van der Waals surface area contributed by atoms with Gasteiger partial charge in [-0.15, -0.1) is 12.4 Å². The molecule has 5 nitrogen and oxygen atoms in total. The van der Waals surface area contributed by atoms with Gasteiger partial charge in [-0.25, -0.2) is 8.42 Å². The van der Waals surface area contributed by atoms with E-state index >= 15 is 0 Å². The zero-order valence-corrected chi connectivity index (χ0v) is 12.9. The maximum atomic E-state index is 11.8. The van der Waals surface area contributed by atoms with E-state index in [-0.39, 0.29) is 29.3 Å². The van der Waals surface area contributed by atoms with Crippen molar-refractivity contribution in [2.24, 2.45) is 0 Å². The monoisotopic (exact) mass is 318 g/mol. The quantitative estimate of drug-likeness (QED) is 0.884. The summed E-state index contributed by atoms with van der Waals surface area (Å²) in [6, 6.07) is 6.55. The molecule has 0 bridgehead atoms. The van der Waals surface area contributed by atoms with Gasteiger partial charge >= 0.3 is 0 Å². The van der Waals surface area contributed by atoms with Gasteiger partial charge in [0.25, 0.3) is 0 Å². The lowest BCUT2D eigenvalue weighted by Crippen LogP contribution is -2.27. The molecule has 1 fully saturated rings. The van der Waals surface area contributed by atoms with Crippen LogP contribution in [-0.4, -0.2) is 33.2 Å². The van der Waals surface area contributed by atoms with Crippen LogP contribution in [0.3, 0.4) is 0 Å². The molecule has 1 amide bonds. The first kappa shape index (κ1) is 16.9. The van der Waals surface area contributed by atoms with Crippen LogP contribution in [0.15, 0.2) is 29.2 Å². The minimum Gasteiger partial charge on any atom is -0.326 e. The molecular weight excluding hydrogens is 300 g/mol. The summed E-state index contributed by atoms with van der Waals surface area (Å²) in [6.45, 7) is 0.960. The summed E-state index contributed by atoms with van der Waals surface area (Å²) >= 11 is 0. The number of carbonyl (C=O) groups excluding carboxylic acids is 1. The molecule has 0 spiro atoms. The highest BCUT2D eigenvalue weighted by Gasteiger charge is 2.17. The van der Waals surface area contributed by atoms with Crippen LogP contribution < -0.4 is 10.6 Å². The highest BCUT2D eigenvalue weighted by atomic mass is 35.5. The van der Waals surface area contributed by atoms with Gasteiger partial charge in [-0.3, -0.25) is 4.79 Å². The van der Waals surface area contributed by atoms with Gasteiger partial charge in [-0.2, -0.15) is 0 Å². The molecule has 1 saturated heterocycles. The third-order valence-electron chi connectivity index (χ3n) is 3.14. The van der Waals surface area contributed by atoms with Crippen molar-refractivity contribution in [3.8, 4) is 0 Å². The zero-order chi connectivity index (χ0) is 13.9. The number of carbonyl (C=O) groups is 1. The number of rotatable bonds is 4. The highest BCUT2D eigenvalue weighted by molar-refractivity contribution is 7.90. The average molecular weight is 319 g/mol. The van der Waals surface area contributed by atoms with Crippen molar-refractivity contribution in [2.75, 3.05) is 18.1 Å². The molecular formula is C13H19ClN2O3S. The molecule has 7 heteroatoms. The summed E-state index contributed by atoms with van der Waals surface area (Å²) in [5, 5.41) is 5.99. The summed E-state index contributed by atoms with van der Waals surface area (Å²) in [5.41, 5.74) is 0.519. The smallest absolute Gasteiger partial charge is 0.225 e. The molecule has 1 heterocycles. The Morgan fingerprint density at radius 2 is 2.20 bits per heavy atom. The number of anilines is 1. The Morgan fingerprint density at radius 3 is 2.80 bits per heavy atom. The molecule has 2 N–H and O–H groups in total. The standard InChI is InChI=1S/C13H18N2O3S.ClH/c1-19(17,18)12-6-2-4-11(8-12)15-13(16)9-10-5-3-7-14-10;/h2,4,6,8,10,14H,3,5,7,9H2,1H3,(H,15,16);1H. The Morgan fingerprint density at radius 1 is 1.45 bits per heavy atom. The van der Waals surface area contributed by atoms with E-state index in [0.29, 0.717) is 12.1 Å². The molecule has 1 aliphatic rings. The van der Waals surface area contributed by atoms with Gasteiger partial charge in [0.1, 0.15) is 0 Å². The predicted octanol–water partition coefficient (Wildman–Crippen LogP) is 1.59. The Kier molecular flexibility index (Phi) is 5.98. The Hall–Kier alpha value is -1.11. The molecule has 1 aromatic carbocycles.